The molecule has 0 spiro atoms. The maximum Gasteiger partial charge on any atom is 0.231 e. The summed E-state index contributed by atoms with van der Waals surface area (Å²) in [6.07, 6.45) is 22.3. The number of nitrogens with one attached hydrogen (secondary N) is 2. The second-order valence-corrected chi connectivity index (χ2v) is 8.66. The zero-order chi connectivity index (χ0) is 24.7. The van der Waals surface area contributed by atoms with Crippen molar-refractivity contribution in [2.24, 2.45) is 13.0 Å². The number of fused-ring (bicyclic) bond motifs is 1. The largest absolute Gasteiger partial charge is 0.493 e. The van der Waals surface area contributed by atoms with E-state index in [0.717, 1.165) is 41.1 Å². The lowest BCUT2D eigenvalue weighted by Gasteiger charge is -2.21. The van der Waals surface area contributed by atoms with Gasteiger partial charge in [-0.3, -0.25) is 9.48 Å². The Morgan fingerprint density at radius 3 is 2.67 bits per heavy atom. The molecular weight excluding hydrogens is 452 g/mol. The third kappa shape index (κ3) is 5.60. The smallest absolute Gasteiger partial charge is 0.231 e. The summed E-state index contributed by atoms with van der Waals surface area (Å²) in [4.78, 5) is 22.1. The molecule has 1 aliphatic carbocycles. The minimum absolute atomic E-state index is 0.0324. The Kier molecular flexibility index (Phi) is 7.02. The van der Waals surface area contributed by atoms with Gasteiger partial charge in [0.05, 0.1) is 36.1 Å². The summed E-state index contributed by atoms with van der Waals surface area (Å²) < 4.78 is 7.79. The third-order valence-corrected chi connectivity index (χ3v) is 6.01. The standard InChI is InChI=1S/C28H28N6O2/c1-34-19-22(18-30-34)31-28-29-15-14-24(33-28)21-12-13-23-25(11-8-16-36-26(23)17-21)32-27(35)20-9-6-4-2-3-5-7-10-20/h2-7,9-10,12-15,17-20,25H,8,11,16H2,1H3,(H,32,35)(H,29,31,33)/b4-2-,5-3-,9-6-,10-7?. The minimum atomic E-state index is -0.337. The summed E-state index contributed by atoms with van der Waals surface area (Å²) in [5.74, 6) is 0.885. The third-order valence-electron chi connectivity index (χ3n) is 6.01. The van der Waals surface area contributed by atoms with Crippen LogP contribution >= 0.6 is 0 Å². The van der Waals surface area contributed by atoms with Crippen molar-refractivity contribution in [3.05, 3.63) is 97.0 Å². The van der Waals surface area contributed by atoms with E-state index in [1.807, 2.05) is 86.1 Å². The number of carbonyl (C=O) groups excluding carboxylic acids is 1. The van der Waals surface area contributed by atoms with E-state index in [1.54, 1.807) is 17.1 Å². The molecule has 3 heterocycles. The van der Waals surface area contributed by atoms with Crippen LogP contribution in [0.5, 0.6) is 5.75 Å². The summed E-state index contributed by atoms with van der Waals surface area (Å²) in [5, 5.41) is 10.6. The van der Waals surface area contributed by atoms with Crippen LogP contribution in [0.15, 0.2) is 91.5 Å². The maximum absolute atomic E-state index is 13.1. The first kappa shape index (κ1) is 23.3. The summed E-state index contributed by atoms with van der Waals surface area (Å²) in [6, 6.07) is 7.77. The second-order valence-electron chi connectivity index (χ2n) is 8.66. The predicted octanol–water partition coefficient (Wildman–Crippen LogP) is 4.81. The number of aryl methyl sites for hydroxylation is 1. The molecule has 0 bridgehead atoms. The van der Waals surface area contributed by atoms with Gasteiger partial charge in [-0.15, -0.1) is 0 Å². The number of carbonyl (C=O) groups is 1. The van der Waals surface area contributed by atoms with E-state index >= 15 is 0 Å². The van der Waals surface area contributed by atoms with Gasteiger partial charge in [-0.25, -0.2) is 9.97 Å². The van der Waals surface area contributed by atoms with E-state index in [0.29, 0.717) is 12.6 Å². The van der Waals surface area contributed by atoms with E-state index in [9.17, 15) is 4.79 Å². The quantitative estimate of drug-likeness (QED) is 0.545. The lowest BCUT2D eigenvalue weighted by atomic mass is 9.98. The van der Waals surface area contributed by atoms with Gasteiger partial charge >= 0.3 is 0 Å². The summed E-state index contributed by atoms with van der Waals surface area (Å²) in [7, 11) is 1.86. The fraction of sp³-hybridized carbons (Fsp3) is 0.214. The molecule has 1 aliphatic heterocycles. The molecule has 1 amide bonds. The van der Waals surface area contributed by atoms with Gasteiger partial charge in [0.1, 0.15) is 5.75 Å². The molecule has 8 nitrogen and oxygen atoms in total. The molecule has 36 heavy (non-hydrogen) atoms. The number of rotatable bonds is 5. The van der Waals surface area contributed by atoms with Crippen molar-refractivity contribution in [1.82, 2.24) is 25.1 Å². The molecule has 2 aliphatic rings. The van der Waals surface area contributed by atoms with Gasteiger partial charge in [0, 0.05) is 30.6 Å². The number of amides is 1. The average Bonchev–Trinajstić information content (AvgIpc) is 3.26. The average molecular weight is 481 g/mol. The van der Waals surface area contributed by atoms with Gasteiger partial charge in [0.15, 0.2) is 0 Å². The Balaban J connectivity index is 1.36. The van der Waals surface area contributed by atoms with Crippen LogP contribution in [0.3, 0.4) is 0 Å². The van der Waals surface area contributed by atoms with Crippen LogP contribution in [0.1, 0.15) is 24.4 Å². The Hall–Kier alpha value is -4.46. The molecule has 182 valence electrons. The highest BCUT2D eigenvalue weighted by molar-refractivity contribution is 5.83. The van der Waals surface area contributed by atoms with Gasteiger partial charge in [-0.05, 0) is 25.0 Å². The molecule has 5 rings (SSSR count). The van der Waals surface area contributed by atoms with Crippen LogP contribution in [-0.4, -0.2) is 32.3 Å². The number of benzene rings is 1. The van der Waals surface area contributed by atoms with Crippen LogP contribution in [0.2, 0.25) is 0 Å². The number of hydrogen-bond donors (Lipinski definition) is 2. The highest BCUT2D eigenvalue weighted by Crippen LogP contribution is 2.35. The Morgan fingerprint density at radius 2 is 1.89 bits per heavy atom. The van der Waals surface area contributed by atoms with Crippen LogP contribution in [0, 0.1) is 5.92 Å². The van der Waals surface area contributed by atoms with Crippen LogP contribution in [0.25, 0.3) is 11.3 Å². The lowest BCUT2D eigenvalue weighted by Crippen LogP contribution is -2.32. The second kappa shape index (κ2) is 10.9. The van der Waals surface area contributed by atoms with Crippen molar-refractivity contribution >= 4 is 17.5 Å². The van der Waals surface area contributed by atoms with Crippen molar-refractivity contribution in [2.45, 2.75) is 18.9 Å². The summed E-state index contributed by atoms with van der Waals surface area (Å²) in [5.41, 5.74) is 3.48. The molecule has 0 fully saturated rings. The fourth-order valence-corrected chi connectivity index (χ4v) is 4.21. The first-order valence-corrected chi connectivity index (χ1v) is 12.0. The van der Waals surface area contributed by atoms with Crippen LogP contribution in [-0.2, 0) is 11.8 Å². The van der Waals surface area contributed by atoms with Crippen molar-refractivity contribution in [3.8, 4) is 17.0 Å². The van der Waals surface area contributed by atoms with E-state index < -0.39 is 0 Å². The summed E-state index contributed by atoms with van der Waals surface area (Å²) >= 11 is 0. The first-order valence-electron chi connectivity index (χ1n) is 12.0. The Morgan fingerprint density at radius 1 is 1.08 bits per heavy atom. The normalized spacial score (nSPS) is 21.5. The molecule has 2 aromatic heterocycles. The van der Waals surface area contributed by atoms with Crippen molar-refractivity contribution in [3.63, 3.8) is 0 Å². The Labute approximate surface area is 210 Å². The number of allylic oxidation sites excluding steroid dienone is 6. The highest BCUT2D eigenvalue weighted by Gasteiger charge is 2.24. The van der Waals surface area contributed by atoms with Crippen molar-refractivity contribution < 1.29 is 9.53 Å². The SMILES string of the molecule is Cn1cc(Nc2nccc(-c3ccc4c(c3)OCCCC4NC(=O)C3C=C\C=C/C=C\C=C/3)n2)cn1. The van der Waals surface area contributed by atoms with Gasteiger partial charge in [0.2, 0.25) is 11.9 Å². The fourth-order valence-electron chi connectivity index (χ4n) is 4.21. The molecule has 1 aromatic carbocycles. The van der Waals surface area contributed by atoms with Crippen LogP contribution < -0.4 is 15.4 Å². The van der Waals surface area contributed by atoms with E-state index in [4.69, 9.17) is 4.74 Å². The highest BCUT2D eigenvalue weighted by atomic mass is 16.5. The first-order chi connectivity index (χ1) is 17.7. The molecular formula is C28H28N6O2. The topological polar surface area (TPSA) is 94.0 Å². The zero-order valence-corrected chi connectivity index (χ0v) is 20.0. The number of aromatic nitrogens is 4. The molecule has 0 saturated carbocycles. The molecule has 3 aromatic rings. The maximum atomic E-state index is 13.1. The predicted molar refractivity (Wildman–Crippen MR) is 140 cm³/mol. The zero-order valence-electron chi connectivity index (χ0n) is 20.0. The number of nitrogens with zero attached hydrogens (tertiary/aromatic N) is 4. The van der Waals surface area contributed by atoms with Crippen molar-refractivity contribution in [1.29, 1.82) is 0 Å². The van der Waals surface area contributed by atoms with Gasteiger partial charge in [-0.2, -0.15) is 5.10 Å². The van der Waals surface area contributed by atoms with E-state index in [1.165, 1.54) is 0 Å². The van der Waals surface area contributed by atoms with E-state index in [2.05, 4.69) is 25.7 Å². The van der Waals surface area contributed by atoms with Crippen molar-refractivity contribution in [2.75, 3.05) is 11.9 Å². The molecule has 0 radical (unpaired) electrons. The number of hydrogen-bond acceptors (Lipinski definition) is 6. The summed E-state index contributed by atoms with van der Waals surface area (Å²) in [6.45, 7) is 0.596. The molecule has 8 heteroatoms. The Bertz CT molecular complexity index is 1330. The number of ether oxygens (including phenoxy) is 1. The lowest BCUT2D eigenvalue weighted by molar-refractivity contribution is -0.123. The molecule has 0 saturated heterocycles. The molecule has 2 unspecified atom stereocenters. The molecule has 2 atom stereocenters. The number of anilines is 2. The molecule has 2 N–H and O–H groups in total. The van der Waals surface area contributed by atoms with Gasteiger partial charge < -0.3 is 15.4 Å². The minimum Gasteiger partial charge on any atom is -0.493 e. The van der Waals surface area contributed by atoms with Crippen LogP contribution in [0.4, 0.5) is 11.6 Å². The van der Waals surface area contributed by atoms with Gasteiger partial charge in [-0.1, -0.05) is 60.7 Å². The van der Waals surface area contributed by atoms with E-state index in [-0.39, 0.29) is 17.9 Å². The van der Waals surface area contributed by atoms with Gasteiger partial charge in [0.25, 0.3) is 0 Å². The monoisotopic (exact) mass is 480 g/mol.